The van der Waals surface area contributed by atoms with Gasteiger partial charge in [-0.3, -0.25) is 0 Å². The molecule has 1 aromatic heterocycles. The Kier molecular flexibility index (Phi) is 7.53. The molecule has 0 aliphatic heterocycles. The lowest BCUT2D eigenvalue weighted by molar-refractivity contribution is 0.0631. The Morgan fingerprint density at radius 3 is 2.38 bits per heavy atom. The number of carboxylic acids is 1. The van der Waals surface area contributed by atoms with Crippen molar-refractivity contribution >= 4 is 28.6 Å². The standard InChI is InChI=1S/C29H27ClF2N2O3/c30-22-12-10-20(11-13-22)28-33-25-14-23(31)24(32)15-26(25)34(28)27(19-4-2-1-3-5-19)17-37-16-18-6-8-21(9-7-18)29(35)36/h6-15,19,27H,1-5,16-17H2,(H,35,36). The van der Waals surface area contributed by atoms with Crippen molar-refractivity contribution in [2.24, 2.45) is 5.92 Å². The monoisotopic (exact) mass is 524 g/mol. The number of fused-ring (bicyclic) bond motifs is 1. The Hall–Kier alpha value is -3.29. The van der Waals surface area contributed by atoms with Gasteiger partial charge in [0.15, 0.2) is 11.6 Å². The zero-order valence-corrected chi connectivity index (χ0v) is 20.9. The van der Waals surface area contributed by atoms with Crippen molar-refractivity contribution in [1.82, 2.24) is 9.55 Å². The molecule has 0 bridgehead atoms. The predicted molar refractivity (Wildman–Crippen MR) is 139 cm³/mol. The number of nitrogens with zero attached hydrogens (tertiary/aromatic N) is 2. The number of hydrogen-bond acceptors (Lipinski definition) is 3. The summed E-state index contributed by atoms with van der Waals surface area (Å²) in [6.07, 6.45) is 5.39. The van der Waals surface area contributed by atoms with Crippen molar-refractivity contribution < 1.29 is 23.4 Å². The van der Waals surface area contributed by atoms with E-state index in [9.17, 15) is 13.6 Å². The Morgan fingerprint density at radius 2 is 1.70 bits per heavy atom. The van der Waals surface area contributed by atoms with Gasteiger partial charge in [-0.25, -0.2) is 18.6 Å². The van der Waals surface area contributed by atoms with Crippen LogP contribution in [0.3, 0.4) is 0 Å². The van der Waals surface area contributed by atoms with Crippen LogP contribution in [0.5, 0.6) is 0 Å². The third-order valence-corrected chi connectivity index (χ3v) is 7.37. The number of halogens is 3. The number of imidazole rings is 1. The van der Waals surface area contributed by atoms with Crippen LogP contribution in [0.4, 0.5) is 8.78 Å². The van der Waals surface area contributed by atoms with E-state index in [1.807, 2.05) is 16.7 Å². The molecule has 0 amide bonds. The number of ether oxygens (including phenoxy) is 1. The van der Waals surface area contributed by atoms with E-state index in [1.54, 1.807) is 36.4 Å². The second-order valence-electron chi connectivity index (χ2n) is 9.55. The zero-order chi connectivity index (χ0) is 25.9. The summed E-state index contributed by atoms with van der Waals surface area (Å²) in [7, 11) is 0. The largest absolute Gasteiger partial charge is 0.478 e. The fourth-order valence-electron chi connectivity index (χ4n) is 5.21. The minimum absolute atomic E-state index is 0.154. The van der Waals surface area contributed by atoms with E-state index in [-0.39, 0.29) is 17.5 Å². The number of carboxylic acid groups (broad SMARTS) is 1. The Bertz CT molecular complexity index is 1400. The summed E-state index contributed by atoms with van der Waals surface area (Å²) in [5.74, 6) is -1.94. The topological polar surface area (TPSA) is 64.3 Å². The zero-order valence-electron chi connectivity index (χ0n) is 20.2. The molecule has 8 heteroatoms. The smallest absolute Gasteiger partial charge is 0.335 e. The molecule has 1 aliphatic rings. The van der Waals surface area contributed by atoms with Crippen LogP contribution >= 0.6 is 11.6 Å². The molecule has 0 saturated heterocycles. The van der Waals surface area contributed by atoms with E-state index in [0.29, 0.717) is 35.1 Å². The maximum Gasteiger partial charge on any atom is 0.335 e. The highest BCUT2D eigenvalue weighted by Gasteiger charge is 2.30. The molecule has 1 heterocycles. The van der Waals surface area contributed by atoms with Gasteiger partial charge in [0.2, 0.25) is 0 Å². The van der Waals surface area contributed by atoms with Crippen molar-refractivity contribution in [2.45, 2.75) is 44.8 Å². The molecule has 37 heavy (non-hydrogen) atoms. The molecule has 5 nitrogen and oxygen atoms in total. The molecule has 1 unspecified atom stereocenters. The van der Waals surface area contributed by atoms with Gasteiger partial charge in [-0.05, 0) is 60.7 Å². The van der Waals surface area contributed by atoms with Gasteiger partial charge < -0.3 is 14.4 Å². The minimum Gasteiger partial charge on any atom is -0.478 e. The number of benzene rings is 3. The lowest BCUT2D eigenvalue weighted by Gasteiger charge is -2.32. The van der Waals surface area contributed by atoms with Gasteiger partial charge in [-0.15, -0.1) is 0 Å². The molecule has 1 saturated carbocycles. The molecule has 1 fully saturated rings. The first kappa shape index (κ1) is 25.4. The van der Waals surface area contributed by atoms with E-state index in [0.717, 1.165) is 42.9 Å². The van der Waals surface area contributed by atoms with E-state index in [4.69, 9.17) is 26.4 Å². The molecule has 1 aliphatic carbocycles. The van der Waals surface area contributed by atoms with Gasteiger partial charge in [0.05, 0.1) is 35.9 Å². The van der Waals surface area contributed by atoms with Crippen molar-refractivity contribution in [1.29, 1.82) is 0 Å². The second-order valence-corrected chi connectivity index (χ2v) is 9.99. The summed E-state index contributed by atoms with van der Waals surface area (Å²) in [6, 6.07) is 16.1. The maximum absolute atomic E-state index is 14.5. The van der Waals surface area contributed by atoms with Crippen molar-refractivity contribution in [3.05, 3.63) is 88.4 Å². The Labute approximate surface area is 218 Å². The van der Waals surface area contributed by atoms with Crippen molar-refractivity contribution in [2.75, 3.05) is 6.61 Å². The van der Waals surface area contributed by atoms with Crippen molar-refractivity contribution in [3.63, 3.8) is 0 Å². The molecule has 4 aromatic rings. The molecule has 3 aromatic carbocycles. The molecule has 0 radical (unpaired) electrons. The van der Waals surface area contributed by atoms with Crippen LogP contribution in [0.25, 0.3) is 22.4 Å². The Morgan fingerprint density at radius 1 is 1.03 bits per heavy atom. The van der Waals surface area contributed by atoms with E-state index < -0.39 is 17.6 Å². The molecule has 1 N–H and O–H groups in total. The van der Waals surface area contributed by atoms with Crippen LogP contribution < -0.4 is 0 Å². The number of aromatic carboxylic acids is 1. The third kappa shape index (κ3) is 5.53. The second kappa shape index (κ2) is 11.0. The van der Waals surface area contributed by atoms with Crippen LogP contribution in [-0.4, -0.2) is 27.2 Å². The summed E-state index contributed by atoms with van der Waals surface area (Å²) in [4.78, 5) is 15.9. The molecule has 5 rings (SSSR count). The first-order valence-corrected chi connectivity index (χ1v) is 12.8. The molecular weight excluding hydrogens is 498 g/mol. The fraction of sp³-hybridized carbons (Fsp3) is 0.310. The predicted octanol–water partition coefficient (Wildman–Crippen LogP) is 7.67. The summed E-state index contributed by atoms with van der Waals surface area (Å²) in [5.41, 5.74) is 2.78. The van der Waals surface area contributed by atoms with E-state index in [1.165, 1.54) is 12.5 Å². The van der Waals surface area contributed by atoms with Crippen LogP contribution in [0.1, 0.15) is 54.1 Å². The van der Waals surface area contributed by atoms with Crippen LogP contribution in [0.2, 0.25) is 5.02 Å². The summed E-state index contributed by atoms with van der Waals surface area (Å²) < 4.78 is 36.8. The number of carbonyl (C=O) groups is 1. The normalized spacial score (nSPS) is 15.2. The molecule has 192 valence electrons. The van der Waals surface area contributed by atoms with Gasteiger partial charge >= 0.3 is 5.97 Å². The molecular formula is C29H27ClF2N2O3. The first-order valence-electron chi connectivity index (χ1n) is 12.4. The number of rotatable bonds is 8. The highest BCUT2D eigenvalue weighted by molar-refractivity contribution is 6.30. The average molecular weight is 525 g/mol. The van der Waals surface area contributed by atoms with E-state index in [2.05, 4.69) is 0 Å². The van der Waals surface area contributed by atoms with Gasteiger partial charge in [0.25, 0.3) is 0 Å². The van der Waals surface area contributed by atoms with Gasteiger partial charge in [-0.1, -0.05) is 43.0 Å². The summed E-state index contributed by atoms with van der Waals surface area (Å²) in [6.45, 7) is 0.644. The quantitative estimate of drug-likeness (QED) is 0.257. The average Bonchev–Trinajstić information content (AvgIpc) is 3.25. The van der Waals surface area contributed by atoms with Gasteiger partial charge in [0, 0.05) is 22.7 Å². The lowest BCUT2D eigenvalue weighted by Crippen LogP contribution is -2.27. The number of aromatic nitrogens is 2. The third-order valence-electron chi connectivity index (χ3n) is 7.12. The van der Waals surface area contributed by atoms with Crippen LogP contribution in [-0.2, 0) is 11.3 Å². The highest BCUT2D eigenvalue weighted by atomic mass is 35.5. The number of hydrogen-bond donors (Lipinski definition) is 1. The summed E-state index contributed by atoms with van der Waals surface area (Å²) in [5, 5.41) is 9.72. The summed E-state index contributed by atoms with van der Waals surface area (Å²) >= 11 is 6.12. The minimum atomic E-state index is -0.977. The van der Waals surface area contributed by atoms with E-state index >= 15 is 0 Å². The maximum atomic E-state index is 14.5. The molecule has 0 spiro atoms. The van der Waals surface area contributed by atoms with Gasteiger partial charge in [-0.2, -0.15) is 0 Å². The van der Waals surface area contributed by atoms with Crippen LogP contribution in [0.15, 0.2) is 60.7 Å². The highest BCUT2D eigenvalue weighted by Crippen LogP contribution is 2.39. The lowest BCUT2D eigenvalue weighted by atomic mass is 9.83. The fourth-order valence-corrected chi connectivity index (χ4v) is 5.34. The Balaban J connectivity index is 1.53. The van der Waals surface area contributed by atoms with Gasteiger partial charge in [0.1, 0.15) is 5.82 Å². The van der Waals surface area contributed by atoms with Crippen LogP contribution in [0, 0.1) is 17.6 Å². The molecule has 1 atom stereocenters. The first-order chi connectivity index (χ1) is 17.9. The van der Waals surface area contributed by atoms with Crippen molar-refractivity contribution in [3.8, 4) is 11.4 Å². The SMILES string of the molecule is O=C(O)c1ccc(COCC(C2CCCCC2)n2c(-c3ccc(Cl)cc3)nc3cc(F)c(F)cc32)cc1.